The minimum absolute atomic E-state index is 0.00274. The maximum Gasteiger partial charge on any atom is 0.410 e. The van der Waals surface area contributed by atoms with Crippen molar-refractivity contribution in [2.75, 3.05) is 31.9 Å². The van der Waals surface area contributed by atoms with Gasteiger partial charge in [-0.25, -0.2) is 13.6 Å². The molecule has 9 nitrogen and oxygen atoms in total. The van der Waals surface area contributed by atoms with Gasteiger partial charge in [0, 0.05) is 56.5 Å². The van der Waals surface area contributed by atoms with Crippen LogP contribution in [0.1, 0.15) is 80.7 Å². The van der Waals surface area contributed by atoms with Gasteiger partial charge in [0.05, 0.1) is 10.9 Å². The summed E-state index contributed by atoms with van der Waals surface area (Å²) in [4.78, 5) is 21.7. The molecular formula is C41H53F2N5O4Si. The molecule has 2 bridgehead atoms. The zero-order valence-corrected chi connectivity index (χ0v) is 33.9. The van der Waals surface area contributed by atoms with Crippen molar-refractivity contribution in [2.45, 2.75) is 109 Å². The first-order valence-corrected chi connectivity index (χ1v) is 20.9. The summed E-state index contributed by atoms with van der Waals surface area (Å²) in [5, 5.41) is 6.54. The quantitative estimate of drug-likeness (QED) is 0.101. The number of likely N-dealkylation sites (tertiary alicyclic amines) is 1. The number of pyridine rings is 1. The number of carbonyl (C=O) groups is 1. The summed E-state index contributed by atoms with van der Waals surface area (Å²) in [5.74, 6) is 3.35. The monoisotopic (exact) mass is 745 g/mol. The number of methoxy groups -OCH3 is 1. The van der Waals surface area contributed by atoms with Crippen LogP contribution < -0.4 is 9.64 Å². The van der Waals surface area contributed by atoms with Crippen LogP contribution in [0.5, 0.6) is 5.75 Å². The van der Waals surface area contributed by atoms with Gasteiger partial charge in [-0.1, -0.05) is 53.5 Å². The number of fused-ring (bicyclic) bond motifs is 4. The molecule has 2 aromatic carbocycles. The van der Waals surface area contributed by atoms with Gasteiger partial charge < -0.3 is 24.0 Å². The molecule has 53 heavy (non-hydrogen) atoms. The lowest BCUT2D eigenvalue weighted by Gasteiger charge is -2.41. The predicted molar refractivity (Wildman–Crippen MR) is 209 cm³/mol. The van der Waals surface area contributed by atoms with Crippen LogP contribution in [0.4, 0.5) is 19.4 Å². The second-order valence-electron chi connectivity index (χ2n) is 16.5. The van der Waals surface area contributed by atoms with Crippen molar-refractivity contribution in [3.05, 3.63) is 47.7 Å². The number of benzene rings is 2. The first-order valence-electron chi connectivity index (χ1n) is 18.7. The van der Waals surface area contributed by atoms with Crippen molar-refractivity contribution in [1.82, 2.24) is 19.7 Å². The van der Waals surface area contributed by atoms with Crippen LogP contribution in [0.2, 0.25) is 16.6 Å². The molecular weight excluding hydrogens is 693 g/mol. The van der Waals surface area contributed by atoms with E-state index in [1.165, 1.54) is 13.2 Å². The average Bonchev–Trinajstić information content (AvgIpc) is 3.54. The molecule has 0 radical (unpaired) electrons. The van der Waals surface area contributed by atoms with Crippen LogP contribution in [0.15, 0.2) is 30.5 Å². The third kappa shape index (κ3) is 6.98. The van der Waals surface area contributed by atoms with Crippen molar-refractivity contribution in [1.29, 1.82) is 0 Å². The largest absolute Gasteiger partial charge is 0.468 e. The highest BCUT2D eigenvalue weighted by Crippen LogP contribution is 2.44. The van der Waals surface area contributed by atoms with Gasteiger partial charge in [-0.15, -0.1) is 5.54 Å². The molecule has 2 fully saturated rings. The molecule has 2 aliphatic heterocycles. The van der Waals surface area contributed by atoms with Gasteiger partial charge in [-0.2, -0.15) is 5.10 Å². The van der Waals surface area contributed by atoms with E-state index in [0.717, 1.165) is 12.8 Å². The van der Waals surface area contributed by atoms with E-state index in [-0.39, 0.29) is 41.7 Å². The molecule has 284 valence electrons. The molecule has 1 amide bonds. The molecule has 2 saturated heterocycles. The molecule has 2 unspecified atom stereocenters. The Morgan fingerprint density at radius 3 is 2.25 bits per heavy atom. The van der Waals surface area contributed by atoms with E-state index in [0.29, 0.717) is 63.0 Å². The van der Waals surface area contributed by atoms with Crippen LogP contribution in [-0.2, 0) is 16.5 Å². The number of rotatable bonds is 8. The summed E-state index contributed by atoms with van der Waals surface area (Å²) in [6.07, 6.45) is 3.08. The molecule has 4 aromatic rings. The van der Waals surface area contributed by atoms with E-state index < -0.39 is 25.3 Å². The van der Waals surface area contributed by atoms with Crippen LogP contribution in [0.3, 0.4) is 0 Å². The number of amides is 1. The molecule has 0 N–H and O–H groups in total. The Kier molecular flexibility index (Phi) is 10.6. The highest BCUT2D eigenvalue weighted by atomic mass is 28.3. The number of halogens is 2. The van der Waals surface area contributed by atoms with E-state index in [9.17, 15) is 4.79 Å². The Labute approximate surface area is 313 Å². The van der Waals surface area contributed by atoms with Crippen LogP contribution in [-0.4, -0.2) is 78.5 Å². The van der Waals surface area contributed by atoms with Crippen LogP contribution >= 0.6 is 0 Å². The predicted octanol–water partition coefficient (Wildman–Crippen LogP) is 9.21. The van der Waals surface area contributed by atoms with Crippen LogP contribution in [0.25, 0.3) is 32.9 Å². The normalized spacial score (nSPS) is 17.7. The van der Waals surface area contributed by atoms with E-state index in [2.05, 4.69) is 57.9 Å². The highest BCUT2D eigenvalue weighted by molar-refractivity contribution is 6.90. The first kappa shape index (κ1) is 38.5. The summed E-state index contributed by atoms with van der Waals surface area (Å²) >= 11 is 0. The summed E-state index contributed by atoms with van der Waals surface area (Å²) in [7, 11) is 1.00. The molecule has 2 aromatic heterocycles. The molecule has 12 heteroatoms. The lowest BCUT2D eigenvalue weighted by molar-refractivity contribution is 0.0209. The number of ether oxygens (including phenoxy) is 3. The standard InChI is InChI=1S/C41H53F2N5O4Si/c1-24(2)53(25(3)4,26(5)6)17-16-31-34(42)15-12-27-18-30(51-23-50-11)19-32(35(27)31)37-36(43)38-33(20-44-37)39(45-46(38)10)48-28-13-14-29(48)22-47(21-28)40(49)52-41(7,8)9/h12,15,18-20,24-26,28-29H,13-14,21-23H2,1-11H3. The van der Waals surface area contributed by atoms with Crippen molar-refractivity contribution >= 4 is 41.7 Å². The molecule has 2 atom stereocenters. The van der Waals surface area contributed by atoms with Gasteiger partial charge in [0.1, 0.15) is 36.5 Å². The molecule has 0 saturated carbocycles. The third-order valence-electron chi connectivity index (χ3n) is 11.1. The van der Waals surface area contributed by atoms with E-state index in [1.54, 1.807) is 41.0 Å². The Hall–Kier alpha value is -4.21. The van der Waals surface area contributed by atoms with Crippen LogP contribution in [0, 0.1) is 23.1 Å². The lowest BCUT2D eigenvalue weighted by Crippen LogP contribution is -2.56. The lowest BCUT2D eigenvalue weighted by atomic mass is 9.95. The van der Waals surface area contributed by atoms with Gasteiger partial charge in [0.2, 0.25) is 0 Å². The summed E-state index contributed by atoms with van der Waals surface area (Å²) in [6.45, 7) is 19.8. The fraction of sp³-hybridized carbons (Fsp3) is 0.537. The summed E-state index contributed by atoms with van der Waals surface area (Å²) in [6, 6.07) is 6.57. The molecule has 0 spiro atoms. The van der Waals surface area contributed by atoms with Gasteiger partial charge in [-0.05, 0) is 73.8 Å². The Morgan fingerprint density at radius 1 is 1.02 bits per heavy atom. The summed E-state index contributed by atoms with van der Waals surface area (Å²) < 4.78 is 51.5. The summed E-state index contributed by atoms with van der Waals surface area (Å²) in [5.41, 5.74) is 5.04. The number of hydrogen-bond donors (Lipinski definition) is 0. The number of carbonyl (C=O) groups excluding carboxylic acids is 1. The number of anilines is 1. The third-order valence-corrected chi connectivity index (χ3v) is 17.4. The van der Waals surface area contributed by atoms with Gasteiger partial charge in [0.15, 0.2) is 18.4 Å². The fourth-order valence-electron chi connectivity index (χ4n) is 8.84. The van der Waals surface area contributed by atoms with Crippen molar-refractivity contribution < 1.29 is 27.8 Å². The first-order chi connectivity index (χ1) is 25.0. The van der Waals surface area contributed by atoms with E-state index >= 15 is 8.78 Å². The maximum atomic E-state index is 17.2. The van der Waals surface area contributed by atoms with Crippen molar-refractivity contribution in [3.63, 3.8) is 0 Å². The number of hydrogen-bond acceptors (Lipinski definition) is 7. The smallest absolute Gasteiger partial charge is 0.410 e. The fourth-order valence-corrected chi connectivity index (χ4v) is 14.0. The second kappa shape index (κ2) is 14.6. The van der Waals surface area contributed by atoms with Crippen molar-refractivity contribution in [2.24, 2.45) is 7.05 Å². The number of aryl methyl sites for hydroxylation is 1. The Bertz CT molecular complexity index is 2060. The molecule has 2 aliphatic rings. The minimum atomic E-state index is -2.25. The second-order valence-corrected chi connectivity index (χ2v) is 22.1. The molecule has 6 rings (SSSR count). The van der Waals surface area contributed by atoms with E-state index in [4.69, 9.17) is 24.3 Å². The van der Waals surface area contributed by atoms with Crippen molar-refractivity contribution in [3.8, 4) is 28.5 Å². The average molecular weight is 746 g/mol. The zero-order chi connectivity index (χ0) is 38.6. The van der Waals surface area contributed by atoms with Gasteiger partial charge in [-0.3, -0.25) is 9.67 Å². The zero-order valence-electron chi connectivity index (χ0n) is 32.9. The highest BCUT2D eigenvalue weighted by Gasteiger charge is 2.45. The minimum Gasteiger partial charge on any atom is -0.468 e. The maximum absolute atomic E-state index is 17.2. The number of aromatic nitrogens is 3. The van der Waals surface area contributed by atoms with Gasteiger partial charge in [0.25, 0.3) is 0 Å². The van der Waals surface area contributed by atoms with E-state index in [1.807, 2.05) is 20.8 Å². The molecule has 4 heterocycles. The molecule has 0 aliphatic carbocycles. The Balaban J connectivity index is 1.49. The van der Waals surface area contributed by atoms with Gasteiger partial charge >= 0.3 is 6.09 Å². The topological polar surface area (TPSA) is 82.0 Å². The number of nitrogens with zero attached hydrogens (tertiary/aromatic N) is 5. The number of piperazine rings is 1. The SMILES string of the molecule is COCOc1cc(-c2ncc3c(N4C5CCC4CN(C(=O)OC(C)(C)C)C5)nn(C)c3c2F)c2c(C#C[Si](C(C)C)(C(C)C)C(C)C)c(F)ccc2c1. The Morgan fingerprint density at radius 2 is 1.66 bits per heavy atom.